The lowest BCUT2D eigenvalue weighted by Gasteiger charge is -2.40. The highest BCUT2D eigenvalue weighted by molar-refractivity contribution is 8.49. The van der Waals surface area contributed by atoms with E-state index in [-0.39, 0.29) is 0 Å². The molecular formula is C112H230O12SSi22. The van der Waals surface area contributed by atoms with Crippen LogP contribution in [0.5, 0.6) is 0 Å². The van der Waals surface area contributed by atoms with Crippen molar-refractivity contribution in [1.29, 1.82) is 0 Å². The van der Waals surface area contributed by atoms with Crippen LogP contribution >= 0.6 is 10.7 Å². The van der Waals surface area contributed by atoms with Crippen LogP contribution in [0, 0.1) is 47.9 Å². The summed E-state index contributed by atoms with van der Waals surface area (Å²) >= 11 is 0. The first kappa shape index (κ1) is 162. The van der Waals surface area contributed by atoms with Gasteiger partial charge >= 0.3 is 25.7 Å². The standard InChI is InChI=1S/C16H32O2Si3.C16H30OSi2.C14H26OSi2.C14H30OSi2.C12H28O2Si3.C12H28OSSi3.C10H20O2Si3.C10H22OSi2.C8H14OSi2/c1-9-13-20(7,14-10-2)17-19(5,6)18-21(8,15-11-3)16-12-4;1-7-13-18(11-5,14-8-2)17-19(12-6,15-9-3)16-10-4;1-7-11-16(5,12-8-2)15-17(6,13-9-3)14-10-4;1-7-13-16(9-3,10-4)15-17(11-5,12-6)14-8-2;1-9-11-17(12-10-2,13-15(3,4)5)14-16(6,7)8;1-9-11-15(3,4)13-17(7,8)14-16(5,6)12-10-2;1-9-13(3,4)11-15(7,8)12-14(5,6)10-2;1-7-9-12(3,4)11-13(5,6)10-8-2;1-7-10(3,4)9-11(5,6)8-2/h9-12H,1-4,13-16H2,5-8H3;7-10H,1-4,11-16H2,5-6H3;7-10H,1-4,11-14H2,5-6H3;7-8H,1-2,9-14H2,3-6H3;2*9-10H,1-2,11-12H2,3-8H3;1-2H,3-8H3;7-8H,1-2,9-10H2,3-6H3;1-2H,3-6H3. The van der Waals surface area contributed by atoms with E-state index >= 15 is 0 Å². The third kappa shape index (κ3) is 83.7. The van der Waals surface area contributed by atoms with E-state index in [1.54, 1.807) is 0 Å². The smallest absolute Gasteiger partial charge is 0.325 e. The van der Waals surface area contributed by atoms with E-state index in [1.165, 1.54) is 30.2 Å². The van der Waals surface area contributed by atoms with Crippen molar-refractivity contribution >= 4 is 192 Å². The molecule has 0 bridgehead atoms. The Hall–Kier alpha value is -2.32. The van der Waals surface area contributed by atoms with Gasteiger partial charge in [-0.2, -0.15) is 10.7 Å². The Labute approximate surface area is 942 Å². The Kier molecular flexibility index (Phi) is 87.0. The Morgan fingerprint density at radius 1 is 0.190 bits per heavy atom. The summed E-state index contributed by atoms with van der Waals surface area (Å²) in [5, 5.41) is 0. The number of terminal acetylenes is 4. The Morgan fingerprint density at radius 2 is 0.374 bits per heavy atom. The second-order valence-electron chi connectivity index (χ2n) is 46.8. The van der Waals surface area contributed by atoms with Crippen molar-refractivity contribution in [3.63, 3.8) is 0 Å². The second kappa shape index (κ2) is 78.8. The summed E-state index contributed by atoms with van der Waals surface area (Å²) < 4.78 is 76.7. The summed E-state index contributed by atoms with van der Waals surface area (Å²) in [6.45, 7) is 161. The van der Waals surface area contributed by atoms with Gasteiger partial charge in [0.2, 0.25) is 7.47 Å². The molecule has 0 aromatic rings. The van der Waals surface area contributed by atoms with Crippen molar-refractivity contribution in [3.8, 4) is 47.9 Å². The third-order valence-corrected chi connectivity index (χ3v) is 118. The Morgan fingerprint density at radius 3 is 0.571 bits per heavy atom. The molecule has 0 aromatic heterocycles. The fourth-order valence-electron chi connectivity index (χ4n) is 17.4. The molecule has 0 aromatic carbocycles. The predicted molar refractivity (Wildman–Crippen MR) is 733 cm³/mol. The average Bonchev–Trinajstić information content (AvgIpc) is 0.808. The molecule has 147 heavy (non-hydrogen) atoms. The van der Waals surface area contributed by atoms with Gasteiger partial charge < -0.3 is 49.4 Å². The molecule has 12 nitrogen and oxygen atoms in total. The van der Waals surface area contributed by atoms with Gasteiger partial charge in [0, 0.05) is 12.1 Å². The van der Waals surface area contributed by atoms with Crippen molar-refractivity contribution in [2.24, 2.45) is 0 Å². The number of allylic oxidation sites excluding steroid dienone is 20. The van der Waals surface area contributed by atoms with Gasteiger partial charge in [-0.15, -0.1) is 179 Å². The van der Waals surface area contributed by atoms with Gasteiger partial charge in [-0.1, -0.05) is 176 Å². The van der Waals surface area contributed by atoms with Crippen LogP contribution in [0.1, 0.15) is 41.5 Å². The molecule has 844 valence electrons. The SMILES string of the molecule is C#C[Si](C)(C)O[Si](C)(C)C#C.C#C[Si](C)(C)O[Si](C)(C)O[Si](C)(C)C#C.C=CC[Si](C)(C)O[Si](C)(C)CC=C.C=CC[Si](C)(C)O[Si](C)(C)S[Si](C)(C)CC=C.C=CC[Si](C)(CC=C)O[Si](C)(C)O[Si](C)(CC=C)CC=C.C=CC[Si](C)(CC=C)O[Si](C)(CC=C)CC=C.C=CC[Si](CC)(CC)O[Si](CC)(CC)CC=C.C=CC[Si](CC)(CC=C)O[Si](CC)(CC=C)CC=C.C=CC[Si](CC=C)(O[Si](C)(C)C)O[Si](C)(C)C. The van der Waals surface area contributed by atoms with Gasteiger partial charge in [-0.3, -0.25) is 0 Å². The van der Waals surface area contributed by atoms with Crippen molar-refractivity contribution in [1.82, 2.24) is 0 Å². The average molecular weight is 2420 g/mol. The van der Waals surface area contributed by atoms with Crippen molar-refractivity contribution < 1.29 is 49.4 Å². The van der Waals surface area contributed by atoms with Crippen LogP contribution in [0.15, 0.2) is 253 Å². The predicted octanol–water partition coefficient (Wildman–Crippen LogP) is 39.3. The highest BCUT2D eigenvalue weighted by Crippen LogP contribution is 2.40. The summed E-state index contributed by atoms with van der Waals surface area (Å²) in [4.78, 5) is 0. The van der Waals surface area contributed by atoms with Crippen LogP contribution in [0.3, 0.4) is 0 Å². The number of hydrogen-bond acceptors (Lipinski definition) is 13. The van der Waals surface area contributed by atoms with Crippen LogP contribution in [-0.4, -0.2) is 182 Å². The van der Waals surface area contributed by atoms with Gasteiger partial charge in [0.25, 0.3) is 33.3 Å². The lowest BCUT2D eigenvalue weighted by atomic mass is 10.7. The van der Waals surface area contributed by atoms with E-state index in [2.05, 4.69) is 368 Å². The van der Waals surface area contributed by atoms with E-state index in [0.29, 0.717) is 0 Å². The van der Waals surface area contributed by atoms with Crippen LogP contribution < -0.4 is 0 Å². The molecule has 0 saturated heterocycles. The molecule has 0 fully saturated rings. The monoisotopic (exact) mass is 2420 g/mol. The summed E-state index contributed by atoms with van der Waals surface area (Å²) in [5.74, 6) is 0. The maximum atomic E-state index is 6.88. The largest absolute Gasteiger partial charge is 0.455 e. The van der Waals surface area contributed by atoms with Gasteiger partial charge in [-0.25, -0.2) is 0 Å². The summed E-state index contributed by atoms with van der Waals surface area (Å²) in [7, 11) is -36.6. The summed E-state index contributed by atoms with van der Waals surface area (Å²) in [5.41, 5.74) is 10.8. The molecule has 0 heterocycles. The summed E-state index contributed by atoms with van der Waals surface area (Å²) in [6, 6.07) is 27.0. The van der Waals surface area contributed by atoms with Crippen LogP contribution in [-0.2, 0) is 49.4 Å². The fraction of sp³-hybridized carbons (Fsp3) is 0.571. The molecule has 0 aliphatic heterocycles. The highest BCUT2D eigenvalue weighted by atomic mass is 32.5. The first-order chi connectivity index (χ1) is 67.0. The van der Waals surface area contributed by atoms with E-state index in [1.807, 2.05) is 169 Å². The minimum Gasteiger partial charge on any atom is -0.455 e. The van der Waals surface area contributed by atoms with E-state index in [9.17, 15) is 0 Å². The first-order valence-electron chi connectivity index (χ1n) is 53.2. The van der Waals surface area contributed by atoms with Crippen molar-refractivity contribution in [3.05, 3.63) is 253 Å². The molecule has 0 saturated carbocycles. The first-order valence-corrected chi connectivity index (χ1v) is 119. The Bertz CT molecular complexity index is 3760. The lowest BCUT2D eigenvalue weighted by Crippen LogP contribution is -2.54. The maximum Gasteiger partial charge on any atom is 0.325 e. The topological polar surface area (TPSA) is 111 Å². The molecular weight excluding hydrogens is 2190 g/mol. The molecule has 0 unspecified atom stereocenters. The molecule has 0 N–H and O–H groups in total. The quantitative estimate of drug-likeness (QED) is 0.0328. The zero-order chi connectivity index (χ0) is 118. The van der Waals surface area contributed by atoms with Gasteiger partial charge in [-0.05, 0) is 341 Å². The van der Waals surface area contributed by atoms with Crippen LogP contribution in [0.25, 0.3) is 0 Å². The molecule has 35 heteroatoms. The van der Waals surface area contributed by atoms with Gasteiger partial charge in [0.15, 0.2) is 108 Å². The van der Waals surface area contributed by atoms with E-state index in [4.69, 9.17) is 75.1 Å². The lowest BCUT2D eigenvalue weighted by molar-refractivity contribution is 0.382. The highest BCUT2D eigenvalue weighted by Gasteiger charge is 2.48. The summed E-state index contributed by atoms with van der Waals surface area (Å²) in [6.07, 6.45) is 61.4. The maximum absolute atomic E-state index is 6.88. The second-order valence-corrected chi connectivity index (χ2v) is 145. The number of hydrogen-bond donors (Lipinski definition) is 0. The van der Waals surface area contributed by atoms with Crippen molar-refractivity contribution in [2.45, 2.75) is 408 Å². The fourth-order valence-corrected chi connectivity index (χ4v) is 126. The van der Waals surface area contributed by atoms with Crippen LogP contribution in [0.4, 0.5) is 0 Å². The normalized spacial score (nSPS) is 12.6. The van der Waals surface area contributed by atoms with Gasteiger partial charge in [0.05, 0.1) is 0 Å². The molecule has 0 spiro atoms. The molecule has 0 rings (SSSR count). The Balaban J connectivity index is -0.000000209. The minimum absolute atomic E-state index is 0.855. The molecule has 0 aliphatic carbocycles. The van der Waals surface area contributed by atoms with Crippen molar-refractivity contribution in [2.75, 3.05) is 0 Å². The van der Waals surface area contributed by atoms with Crippen LogP contribution in [0.2, 0.25) is 367 Å². The molecule has 0 radical (unpaired) electrons. The van der Waals surface area contributed by atoms with Gasteiger partial charge in [0.1, 0.15) is 7.22 Å². The number of rotatable bonds is 72. The molecule has 0 aliphatic rings. The van der Waals surface area contributed by atoms with E-state index < -0.39 is 182 Å². The minimum atomic E-state index is -2.19. The molecule has 0 amide bonds. The third-order valence-electron chi connectivity index (χ3n) is 22.9. The zero-order valence-electron chi connectivity index (χ0n) is 103. The van der Waals surface area contributed by atoms with E-state index in [0.717, 1.165) is 127 Å². The molecule has 0 atom stereocenters. The zero-order valence-corrected chi connectivity index (χ0v) is 126.